The molecule has 0 saturated carbocycles. The van der Waals surface area contributed by atoms with Crippen LogP contribution in [0.3, 0.4) is 0 Å². The highest BCUT2D eigenvalue weighted by atomic mass is 79.9. The van der Waals surface area contributed by atoms with Crippen molar-refractivity contribution < 1.29 is 9.32 Å². The molecule has 0 radical (unpaired) electrons. The van der Waals surface area contributed by atoms with Crippen molar-refractivity contribution in [3.05, 3.63) is 45.5 Å². The van der Waals surface area contributed by atoms with Gasteiger partial charge in [-0.15, -0.1) is 0 Å². The summed E-state index contributed by atoms with van der Waals surface area (Å²) in [6, 6.07) is 5.60. The van der Waals surface area contributed by atoms with Gasteiger partial charge in [0.15, 0.2) is 5.82 Å². The second-order valence-electron chi connectivity index (χ2n) is 4.25. The summed E-state index contributed by atoms with van der Waals surface area (Å²) in [6.07, 6.45) is 0.552. The second kappa shape index (κ2) is 5.97. The molecule has 0 aliphatic carbocycles. The molecule has 19 heavy (non-hydrogen) atoms. The highest BCUT2D eigenvalue weighted by Crippen LogP contribution is 2.15. The van der Waals surface area contributed by atoms with E-state index in [1.807, 2.05) is 19.1 Å². The van der Waals surface area contributed by atoms with Crippen LogP contribution in [0.5, 0.6) is 0 Å². The molecule has 0 fully saturated rings. The van der Waals surface area contributed by atoms with E-state index >= 15 is 0 Å². The Kier molecular flexibility index (Phi) is 4.31. The highest BCUT2D eigenvalue weighted by Gasteiger charge is 2.08. The van der Waals surface area contributed by atoms with Crippen LogP contribution in [0.4, 0.5) is 0 Å². The molecule has 2 rings (SSSR count). The number of halogens is 1. The number of benzene rings is 1. The van der Waals surface area contributed by atoms with E-state index in [2.05, 4.69) is 31.4 Å². The Bertz CT molecular complexity index is 575. The Labute approximate surface area is 119 Å². The predicted molar refractivity (Wildman–Crippen MR) is 74.0 cm³/mol. The van der Waals surface area contributed by atoms with Gasteiger partial charge < -0.3 is 9.84 Å². The lowest BCUT2D eigenvalue weighted by atomic mass is 10.1. The normalized spacial score (nSPS) is 10.5. The zero-order valence-electron chi connectivity index (χ0n) is 10.7. The average molecular weight is 324 g/mol. The Hall–Kier alpha value is -1.69. The van der Waals surface area contributed by atoms with Crippen molar-refractivity contribution in [3.8, 4) is 0 Å². The van der Waals surface area contributed by atoms with E-state index in [9.17, 15) is 4.79 Å². The van der Waals surface area contributed by atoms with Crippen molar-refractivity contribution in [3.63, 3.8) is 0 Å². The summed E-state index contributed by atoms with van der Waals surface area (Å²) in [7, 11) is 0. The van der Waals surface area contributed by atoms with Crippen molar-refractivity contribution >= 4 is 21.8 Å². The number of carbonyl (C=O) groups excluding carboxylic acids is 1. The van der Waals surface area contributed by atoms with E-state index in [-0.39, 0.29) is 5.91 Å². The zero-order chi connectivity index (χ0) is 13.8. The summed E-state index contributed by atoms with van der Waals surface area (Å²) < 4.78 is 5.75. The van der Waals surface area contributed by atoms with Crippen LogP contribution in [0, 0.1) is 13.8 Å². The standard InChI is InChI=1S/C13H14BrN3O2/c1-8-5-10(7-11(14)6-8)13(18)15-4-3-12-16-9(2)19-17-12/h5-7H,3-4H2,1-2H3,(H,15,18). The van der Waals surface area contributed by atoms with Crippen molar-refractivity contribution in [2.24, 2.45) is 0 Å². The molecular weight excluding hydrogens is 310 g/mol. The summed E-state index contributed by atoms with van der Waals surface area (Å²) in [5.41, 5.74) is 1.67. The van der Waals surface area contributed by atoms with E-state index in [1.54, 1.807) is 13.0 Å². The maximum absolute atomic E-state index is 11.9. The minimum absolute atomic E-state index is 0.107. The van der Waals surface area contributed by atoms with Gasteiger partial charge >= 0.3 is 0 Å². The van der Waals surface area contributed by atoms with Gasteiger partial charge in [0.1, 0.15) is 0 Å². The molecule has 6 heteroatoms. The van der Waals surface area contributed by atoms with Crippen molar-refractivity contribution in [1.82, 2.24) is 15.5 Å². The average Bonchev–Trinajstić information content (AvgIpc) is 2.73. The summed E-state index contributed by atoms with van der Waals surface area (Å²) in [5, 5.41) is 6.60. The largest absolute Gasteiger partial charge is 0.352 e. The molecule has 1 aromatic heterocycles. The number of rotatable bonds is 4. The molecular formula is C13H14BrN3O2. The van der Waals surface area contributed by atoms with Gasteiger partial charge in [-0.05, 0) is 30.7 Å². The fourth-order valence-corrected chi connectivity index (χ4v) is 2.31. The van der Waals surface area contributed by atoms with Crippen molar-refractivity contribution in [2.75, 3.05) is 6.54 Å². The van der Waals surface area contributed by atoms with Crippen LogP contribution in [0.15, 0.2) is 27.2 Å². The molecule has 0 unspecified atom stereocenters. The monoisotopic (exact) mass is 323 g/mol. The summed E-state index contributed by atoms with van der Waals surface area (Å²) in [5.74, 6) is 1.02. The summed E-state index contributed by atoms with van der Waals surface area (Å²) in [6.45, 7) is 4.16. The van der Waals surface area contributed by atoms with Gasteiger partial charge in [0, 0.05) is 29.9 Å². The summed E-state index contributed by atoms with van der Waals surface area (Å²) in [4.78, 5) is 16.0. The third-order valence-corrected chi connectivity index (χ3v) is 2.97. The number of amides is 1. The molecule has 1 N–H and O–H groups in total. The number of hydrogen-bond donors (Lipinski definition) is 1. The van der Waals surface area contributed by atoms with Crippen molar-refractivity contribution in [2.45, 2.75) is 20.3 Å². The first-order valence-electron chi connectivity index (χ1n) is 5.89. The van der Waals surface area contributed by atoms with Gasteiger partial charge in [0.25, 0.3) is 5.91 Å². The molecule has 0 bridgehead atoms. The first kappa shape index (κ1) is 13.7. The number of aromatic nitrogens is 2. The minimum Gasteiger partial charge on any atom is -0.352 e. The smallest absolute Gasteiger partial charge is 0.251 e. The van der Waals surface area contributed by atoms with E-state index in [1.165, 1.54) is 0 Å². The first-order valence-corrected chi connectivity index (χ1v) is 6.68. The van der Waals surface area contributed by atoms with Gasteiger partial charge in [-0.2, -0.15) is 4.98 Å². The van der Waals surface area contributed by atoms with Crippen LogP contribution >= 0.6 is 15.9 Å². The topological polar surface area (TPSA) is 68.0 Å². The second-order valence-corrected chi connectivity index (χ2v) is 5.17. The van der Waals surface area contributed by atoms with Gasteiger partial charge in [-0.3, -0.25) is 4.79 Å². The number of nitrogens with one attached hydrogen (secondary N) is 1. The van der Waals surface area contributed by atoms with Gasteiger partial charge in [0.05, 0.1) is 0 Å². The summed E-state index contributed by atoms with van der Waals surface area (Å²) >= 11 is 3.38. The van der Waals surface area contributed by atoms with Crippen LogP contribution in [0.25, 0.3) is 0 Å². The van der Waals surface area contributed by atoms with Gasteiger partial charge in [-0.25, -0.2) is 0 Å². The quantitative estimate of drug-likeness (QED) is 0.938. The fourth-order valence-electron chi connectivity index (χ4n) is 1.70. The third kappa shape index (κ3) is 3.89. The maximum atomic E-state index is 11.9. The third-order valence-electron chi connectivity index (χ3n) is 2.51. The minimum atomic E-state index is -0.107. The maximum Gasteiger partial charge on any atom is 0.251 e. The number of nitrogens with zero attached hydrogens (tertiary/aromatic N) is 2. The Morgan fingerprint density at radius 3 is 2.79 bits per heavy atom. The SMILES string of the molecule is Cc1cc(Br)cc(C(=O)NCCc2noc(C)n2)c1. The zero-order valence-corrected chi connectivity index (χ0v) is 12.3. The van der Waals surface area contributed by atoms with Gasteiger partial charge in [-0.1, -0.05) is 21.1 Å². The van der Waals surface area contributed by atoms with Crippen LogP contribution in [-0.2, 0) is 6.42 Å². The Morgan fingerprint density at radius 1 is 1.37 bits per heavy atom. The lowest BCUT2D eigenvalue weighted by Gasteiger charge is -2.05. The van der Waals surface area contributed by atoms with Gasteiger partial charge in [0.2, 0.25) is 5.89 Å². The predicted octanol–water partition coefficient (Wildman–Crippen LogP) is 2.42. The van der Waals surface area contributed by atoms with E-state index in [0.717, 1.165) is 10.0 Å². The number of aryl methyl sites for hydroxylation is 2. The molecule has 0 aliphatic rings. The molecule has 0 aliphatic heterocycles. The van der Waals surface area contributed by atoms with Crippen molar-refractivity contribution in [1.29, 1.82) is 0 Å². The molecule has 1 heterocycles. The Morgan fingerprint density at radius 2 is 2.16 bits per heavy atom. The molecule has 100 valence electrons. The van der Waals surface area contributed by atoms with E-state index in [0.29, 0.717) is 30.2 Å². The molecule has 0 atom stereocenters. The lowest BCUT2D eigenvalue weighted by Crippen LogP contribution is -2.26. The van der Waals surface area contributed by atoms with Crippen LogP contribution in [-0.4, -0.2) is 22.6 Å². The van der Waals surface area contributed by atoms with Crippen LogP contribution in [0.1, 0.15) is 27.6 Å². The number of carbonyl (C=O) groups is 1. The molecule has 0 saturated heterocycles. The lowest BCUT2D eigenvalue weighted by molar-refractivity contribution is 0.0953. The highest BCUT2D eigenvalue weighted by molar-refractivity contribution is 9.10. The fraction of sp³-hybridized carbons (Fsp3) is 0.308. The first-order chi connectivity index (χ1) is 9.04. The molecule has 2 aromatic rings. The van der Waals surface area contributed by atoms with E-state index in [4.69, 9.17) is 4.52 Å². The van der Waals surface area contributed by atoms with Crippen LogP contribution in [0.2, 0.25) is 0 Å². The number of hydrogen-bond acceptors (Lipinski definition) is 4. The van der Waals surface area contributed by atoms with E-state index < -0.39 is 0 Å². The molecule has 1 aromatic carbocycles. The van der Waals surface area contributed by atoms with Crippen LogP contribution < -0.4 is 5.32 Å². The molecule has 5 nitrogen and oxygen atoms in total. The Balaban J connectivity index is 1.90. The molecule has 0 spiro atoms. The molecule has 1 amide bonds.